The maximum absolute atomic E-state index is 9.40. The summed E-state index contributed by atoms with van der Waals surface area (Å²) in [4.78, 5) is 4.22. The third-order valence-corrected chi connectivity index (χ3v) is 3.67. The molecule has 5 N–H and O–H groups in total. The summed E-state index contributed by atoms with van der Waals surface area (Å²) in [6.07, 6.45) is 3.03. The molecule has 0 radical (unpaired) electrons. The molecule has 1 aromatic carbocycles. The SMILES string of the molecule is C=CCNC(N)=NCCCc1nn(-c2ccc(C)cc2)c(N)c1C#N. The van der Waals surface area contributed by atoms with Crippen LogP contribution in [0.4, 0.5) is 5.82 Å². The van der Waals surface area contributed by atoms with Crippen LogP contribution in [0.25, 0.3) is 5.69 Å². The van der Waals surface area contributed by atoms with Gasteiger partial charge in [0.05, 0.1) is 11.4 Å². The summed E-state index contributed by atoms with van der Waals surface area (Å²) in [6.45, 7) is 6.73. The molecule has 0 spiro atoms. The van der Waals surface area contributed by atoms with Gasteiger partial charge < -0.3 is 16.8 Å². The highest BCUT2D eigenvalue weighted by molar-refractivity contribution is 5.77. The summed E-state index contributed by atoms with van der Waals surface area (Å²) in [7, 11) is 0. The molecule has 25 heavy (non-hydrogen) atoms. The lowest BCUT2D eigenvalue weighted by Crippen LogP contribution is -2.31. The van der Waals surface area contributed by atoms with E-state index in [9.17, 15) is 5.26 Å². The van der Waals surface area contributed by atoms with Crippen molar-refractivity contribution in [2.45, 2.75) is 19.8 Å². The van der Waals surface area contributed by atoms with Crippen LogP contribution in [0.1, 0.15) is 23.2 Å². The summed E-state index contributed by atoms with van der Waals surface area (Å²) in [5.41, 5.74) is 14.9. The highest BCUT2D eigenvalue weighted by atomic mass is 15.3. The van der Waals surface area contributed by atoms with Crippen LogP contribution in [-0.4, -0.2) is 28.8 Å². The van der Waals surface area contributed by atoms with E-state index in [2.05, 4.69) is 28.1 Å². The first-order valence-electron chi connectivity index (χ1n) is 8.06. The number of aliphatic imine (C=N–C) groups is 1. The van der Waals surface area contributed by atoms with Gasteiger partial charge in [0.25, 0.3) is 0 Å². The number of nitrogens with two attached hydrogens (primary N) is 2. The van der Waals surface area contributed by atoms with Gasteiger partial charge >= 0.3 is 0 Å². The Morgan fingerprint density at radius 1 is 1.44 bits per heavy atom. The maximum atomic E-state index is 9.40. The van der Waals surface area contributed by atoms with Crippen LogP contribution in [0.15, 0.2) is 41.9 Å². The van der Waals surface area contributed by atoms with Crippen molar-refractivity contribution in [2.24, 2.45) is 10.7 Å². The van der Waals surface area contributed by atoms with Crippen LogP contribution in [-0.2, 0) is 6.42 Å². The van der Waals surface area contributed by atoms with Crippen LogP contribution < -0.4 is 16.8 Å². The van der Waals surface area contributed by atoms with Crippen molar-refractivity contribution in [1.82, 2.24) is 15.1 Å². The van der Waals surface area contributed by atoms with E-state index in [1.54, 1.807) is 10.8 Å². The van der Waals surface area contributed by atoms with Crippen molar-refractivity contribution in [1.29, 1.82) is 5.26 Å². The van der Waals surface area contributed by atoms with Crippen LogP contribution >= 0.6 is 0 Å². The summed E-state index contributed by atoms with van der Waals surface area (Å²) < 4.78 is 1.61. The van der Waals surface area contributed by atoms with E-state index in [1.165, 1.54) is 0 Å². The van der Waals surface area contributed by atoms with Crippen molar-refractivity contribution < 1.29 is 0 Å². The zero-order valence-electron chi connectivity index (χ0n) is 14.4. The van der Waals surface area contributed by atoms with Gasteiger partial charge in [-0.3, -0.25) is 4.99 Å². The number of aryl methyl sites for hydroxylation is 2. The fourth-order valence-corrected chi connectivity index (χ4v) is 2.34. The second-order valence-corrected chi connectivity index (χ2v) is 5.61. The molecule has 0 aliphatic carbocycles. The molecular formula is C18H23N7. The molecule has 2 rings (SSSR count). The Hall–Kier alpha value is -3.27. The highest BCUT2D eigenvalue weighted by Gasteiger charge is 2.16. The number of anilines is 1. The molecule has 130 valence electrons. The van der Waals surface area contributed by atoms with Gasteiger partial charge in [0.2, 0.25) is 0 Å². The first kappa shape index (κ1) is 18.1. The molecule has 2 aromatic rings. The van der Waals surface area contributed by atoms with Crippen molar-refractivity contribution in [3.8, 4) is 11.8 Å². The molecule has 0 bridgehead atoms. The standard InChI is InChI=1S/C18H23N7/c1-3-10-22-18(21)23-11-4-5-16-15(12-19)17(20)25(24-16)14-8-6-13(2)7-9-14/h3,6-9H,1,4-5,10-11,20H2,2H3,(H3,21,22,23). The summed E-state index contributed by atoms with van der Waals surface area (Å²) in [6, 6.07) is 9.98. The predicted octanol–water partition coefficient (Wildman–Crippen LogP) is 1.66. The van der Waals surface area contributed by atoms with Crippen LogP contribution in [0.5, 0.6) is 0 Å². The lowest BCUT2D eigenvalue weighted by atomic mass is 10.1. The smallest absolute Gasteiger partial charge is 0.188 e. The Balaban J connectivity index is 2.09. The minimum absolute atomic E-state index is 0.358. The Labute approximate surface area is 147 Å². The monoisotopic (exact) mass is 337 g/mol. The molecule has 0 saturated heterocycles. The van der Waals surface area contributed by atoms with E-state index in [0.29, 0.717) is 42.5 Å². The number of nitrogens with zero attached hydrogens (tertiary/aromatic N) is 4. The Morgan fingerprint density at radius 2 is 2.16 bits per heavy atom. The van der Waals surface area contributed by atoms with Crippen molar-refractivity contribution in [3.63, 3.8) is 0 Å². The fraction of sp³-hybridized carbons (Fsp3) is 0.278. The molecule has 7 nitrogen and oxygen atoms in total. The number of nitrogens with one attached hydrogen (secondary N) is 1. The van der Waals surface area contributed by atoms with Gasteiger partial charge in [-0.1, -0.05) is 23.8 Å². The normalized spacial score (nSPS) is 11.1. The number of aromatic nitrogens is 2. The molecular weight excluding hydrogens is 314 g/mol. The van der Waals surface area contributed by atoms with Crippen LogP contribution in [0.3, 0.4) is 0 Å². The average Bonchev–Trinajstić information content (AvgIpc) is 2.93. The number of hydrogen-bond acceptors (Lipinski definition) is 4. The second kappa shape index (κ2) is 8.55. The summed E-state index contributed by atoms with van der Waals surface area (Å²) >= 11 is 0. The van der Waals surface area contributed by atoms with Gasteiger partial charge in [-0.15, -0.1) is 6.58 Å². The zero-order valence-corrected chi connectivity index (χ0v) is 14.4. The number of nitriles is 1. The van der Waals surface area contributed by atoms with Crippen molar-refractivity contribution >= 4 is 11.8 Å². The molecule has 0 amide bonds. The second-order valence-electron chi connectivity index (χ2n) is 5.61. The quantitative estimate of drug-likeness (QED) is 0.307. The molecule has 0 unspecified atom stereocenters. The van der Waals surface area contributed by atoms with Crippen LogP contribution in [0, 0.1) is 18.3 Å². The molecule has 1 heterocycles. The van der Waals surface area contributed by atoms with Gasteiger partial charge in [-0.05, 0) is 31.9 Å². The number of hydrogen-bond donors (Lipinski definition) is 3. The molecule has 0 saturated carbocycles. The first-order valence-corrected chi connectivity index (χ1v) is 8.06. The molecule has 0 atom stereocenters. The van der Waals surface area contributed by atoms with Crippen molar-refractivity contribution in [2.75, 3.05) is 18.8 Å². The van der Waals surface area contributed by atoms with E-state index in [-0.39, 0.29) is 0 Å². The summed E-state index contributed by atoms with van der Waals surface area (Å²) in [5, 5.41) is 16.8. The Kier molecular flexibility index (Phi) is 6.18. The lowest BCUT2D eigenvalue weighted by Gasteiger charge is -2.04. The largest absolute Gasteiger partial charge is 0.382 e. The van der Waals surface area contributed by atoms with Crippen LogP contribution in [0.2, 0.25) is 0 Å². The third kappa shape index (κ3) is 4.61. The van der Waals surface area contributed by atoms with Gasteiger partial charge in [0.15, 0.2) is 5.96 Å². The van der Waals surface area contributed by atoms with E-state index in [1.807, 2.05) is 31.2 Å². The average molecular weight is 337 g/mol. The molecule has 7 heteroatoms. The minimum atomic E-state index is 0.358. The van der Waals surface area contributed by atoms with E-state index < -0.39 is 0 Å². The number of rotatable bonds is 7. The first-order chi connectivity index (χ1) is 12.1. The third-order valence-electron chi connectivity index (χ3n) is 3.67. The molecule has 0 aliphatic rings. The predicted molar refractivity (Wildman–Crippen MR) is 100 cm³/mol. The molecule has 0 fully saturated rings. The minimum Gasteiger partial charge on any atom is -0.382 e. The lowest BCUT2D eigenvalue weighted by molar-refractivity contribution is 0.773. The number of benzene rings is 1. The molecule has 0 aliphatic heterocycles. The fourth-order valence-electron chi connectivity index (χ4n) is 2.34. The van der Waals surface area contributed by atoms with E-state index in [4.69, 9.17) is 11.5 Å². The van der Waals surface area contributed by atoms with Gasteiger partial charge in [-0.25, -0.2) is 4.68 Å². The van der Waals surface area contributed by atoms with E-state index >= 15 is 0 Å². The summed E-state index contributed by atoms with van der Waals surface area (Å²) in [5.74, 6) is 0.738. The zero-order chi connectivity index (χ0) is 18.2. The van der Waals surface area contributed by atoms with Crippen molar-refractivity contribution in [3.05, 3.63) is 53.7 Å². The Bertz CT molecular complexity index is 794. The van der Waals surface area contributed by atoms with E-state index in [0.717, 1.165) is 17.7 Å². The maximum Gasteiger partial charge on any atom is 0.188 e. The van der Waals surface area contributed by atoms with Gasteiger partial charge in [-0.2, -0.15) is 10.4 Å². The number of guanidine groups is 1. The van der Waals surface area contributed by atoms with Gasteiger partial charge in [0.1, 0.15) is 17.5 Å². The topological polar surface area (TPSA) is 118 Å². The van der Waals surface area contributed by atoms with Gasteiger partial charge in [0, 0.05) is 13.1 Å². The molecule has 1 aromatic heterocycles. The number of nitrogen functional groups attached to an aromatic ring is 1. The Morgan fingerprint density at radius 3 is 2.80 bits per heavy atom. The highest BCUT2D eigenvalue weighted by Crippen LogP contribution is 2.21.